The summed E-state index contributed by atoms with van der Waals surface area (Å²) in [7, 11) is 0. The normalized spacial score (nSPS) is 19.8. The van der Waals surface area contributed by atoms with Crippen LogP contribution in [0, 0.1) is 0 Å². The second-order valence-corrected chi connectivity index (χ2v) is 3.34. The molecule has 1 aliphatic rings. The zero-order valence-corrected chi connectivity index (χ0v) is 9.60. The first-order chi connectivity index (χ1) is 7.29. The van der Waals surface area contributed by atoms with Gasteiger partial charge in [-0.3, -0.25) is 9.69 Å². The van der Waals surface area contributed by atoms with E-state index in [-0.39, 0.29) is 5.91 Å². The van der Waals surface area contributed by atoms with E-state index in [1.165, 1.54) is 0 Å². The lowest BCUT2D eigenvalue weighted by molar-refractivity contribution is -0.117. The standard InChI is InChI=1S/C10H12N2O.C2H6/c1-8-5-6-10(13)12(8)9-4-2-3-7-11-9;1-2/h2-4,7-8H,5-6H2,1H3;1-2H3. The molecule has 15 heavy (non-hydrogen) atoms. The summed E-state index contributed by atoms with van der Waals surface area (Å²) < 4.78 is 0. The number of carbonyl (C=O) groups excluding carboxylic acids is 1. The summed E-state index contributed by atoms with van der Waals surface area (Å²) in [6.07, 6.45) is 3.31. The number of nitrogens with zero attached hydrogens (tertiary/aromatic N) is 2. The fourth-order valence-corrected chi connectivity index (χ4v) is 1.68. The number of anilines is 1. The van der Waals surface area contributed by atoms with E-state index in [2.05, 4.69) is 11.9 Å². The van der Waals surface area contributed by atoms with Crippen molar-refractivity contribution < 1.29 is 4.79 Å². The Kier molecular flexibility index (Phi) is 4.28. The van der Waals surface area contributed by atoms with E-state index in [0.29, 0.717) is 12.5 Å². The Labute approximate surface area is 91.1 Å². The van der Waals surface area contributed by atoms with Gasteiger partial charge in [-0.25, -0.2) is 4.98 Å². The smallest absolute Gasteiger partial charge is 0.228 e. The third-order valence-corrected chi connectivity index (χ3v) is 2.38. The van der Waals surface area contributed by atoms with Gasteiger partial charge in [-0.2, -0.15) is 0 Å². The minimum atomic E-state index is 0.186. The minimum Gasteiger partial charge on any atom is -0.294 e. The van der Waals surface area contributed by atoms with Gasteiger partial charge in [0.15, 0.2) is 0 Å². The van der Waals surface area contributed by atoms with Crippen molar-refractivity contribution in [3.63, 3.8) is 0 Å². The fourth-order valence-electron chi connectivity index (χ4n) is 1.68. The number of hydrogen-bond acceptors (Lipinski definition) is 2. The van der Waals surface area contributed by atoms with E-state index in [1.54, 1.807) is 11.1 Å². The molecule has 0 N–H and O–H groups in total. The molecule has 0 spiro atoms. The average molecular weight is 206 g/mol. The van der Waals surface area contributed by atoms with Gasteiger partial charge in [0.1, 0.15) is 5.82 Å². The lowest BCUT2D eigenvalue weighted by atomic mass is 10.2. The van der Waals surface area contributed by atoms with Gasteiger partial charge in [-0.15, -0.1) is 0 Å². The van der Waals surface area contributed by atoms with E-state index >= 15 is 0 Å². The Balaban J connectivity index is 0.000000531. The number of carbonyl (C=O) groups is 1. The highest BCUT2D eigenvalue weighted by molar-refractivity contribution is 5.95. The molecule has 1 atom stereocenters. The number of pyridine rings is 1. The summed E-state index contributed by atoms with van der Waals surface area (Å²) >= 11 is 0. The van der Waals surface area contributed by atoms with Crippen LogP contribution in [-0.4, -0.2) is 16.9 Å². The second kappa shape index (κ2) is 5.49. The van der Waals surface area contributed by atoms with Crippen LogP contribution < -0.4 is 4.90 Å². The Morgan fingerprint density at radius 2 is 2.13 bits per heavy atom. The summed E-state index contributed by atoms with van der Waals surface area (Å²) in [5.74, 6) is 0.962. The van der Waals surface area contributed by atoms with Gasteiger partial charge in [0, 0.05) is 18.7 Å². The predicted molar refractivity (Wildman–Crippen MR) is 61.8 cm³/mol. The van der Waals surface area contributed by atoms with Gasteiger partial charge in [0.25, 0.3) is 0 Å². The van der Waals surface area contributed by atoms with Crippen molar-refractivity contribution in [2.24, 2.45) is 0 Å². The van der Waals surface area contributed by atoms with Crippen LogP contribution in [0.25, 0.3) is 0 Å². The Bertz CT molecular complexity index is 311. The first-order valence-electron chi connectivity index (χ1n) is 5.52. The van der Waals surface area contributed by atoms with Crippen molar-refractivity contribution in [2.75, 3.05) is 4.90 Å². The highest BCUT2D eigenvalue weighted by Gasteiger charge is 2.29. The lowest BCUT2D eigenvalue weighted by Gasteiger charge is -2.19. The summed E-state index contributed by atoms with van der Waals surface area (Å²) in [5.41, 5.74) is 0. The number of rotatable bonds is 1. The molecule has 1 saturated heterocycles. The summed E-state index contributed by atoms with van der Waals surface area (Å²) in [4.78, 5) is 17.4. The van der Waals surface area contributed by atoms with Gasteiger partial charge in [0.2, 0.25) is 5.91 Å². The molecule has 1 aromatic heterocycles. The summed E-state index contributed by atoms with van der Waals surface area (Å²) in [6.45, 7) is 6.06. The molecule has 82 valence electrons. The maximum absolute atomic E-state index is 11.5. The molecule has 3 heteroatoms. The quantitative estimate of drug-likeness (QED) is 0.707. The zero-order valence-electron chi connectivity index (χ0n) is 9.60. The maximum Gasteiger partial charge on any atom is 0.228 e. The van der Waals surface area contributed by atoms with Gasteiger partial charge >= 0.3 is 0 Å². The minimum absolute atomic E-state index is 0.186. The monoisotopic (exact) mass is 206 g/mol. The van der Waals surface area contributed by atoms with Gasteiger partial charge in [-0.1, -0.05) is 19.9 Å². The van der Waals surface area contributed by atoms with Crippen molar-refractivity contribution >= 4 is 11.7 Å². The van der Waals surface area contributed by atoms with Crippen LogP contribution >= 0.6 is 0 Å². The predicted octanol–water partition coefficient (Wildman–Crippen LogP) is 2.62. The van der Waals surface area contributed by atoms with Crippen molar-refractivity contribution in [3.8, 4) is 0 Å². The Morgan fingerprint density at radius 3 is 2.60 bits per heavy atom. The van der Waals surface area contributed by atoms with Crippen molar-refractivity contribution in [1.29, 1.82) is 0 Å². The first kappa shape index (κ1) is 11.7. The molecule has 1 aliphatic heterocycles. The molecule has 3 nitrogen and oxygen atoms in total. The topological polar surface area (TPSA) is 33.2 Å². The lowest BCUT2D eigenvalue weighted by Crippen LogP contribution is -2.31. The van der Waals surface area contributed by atoms with Crippen LogP contribution in [0.3, 0.4) is 0 Å². The van der Waals surface area contributed by atoms with Crippen LogP contribution in [0.4, 0.5) is 5.82 Å². The molecule has 0 aliphatic carbocycles. The van der Waals surface area contributed by atoms with E-state index in [4.69, 9.17) is 0 Å². The van der Waals surface area contributed by atoms with E-state index in [1.807, 2.05) is 32.0 Å². The van der Waals surface area contributed by atoms with E-state index in [0.717, 1.165) is 12.2 Å². The molecular weight excluding hydrogens is 188 g/mol. The SMILES string of the molecule is CC.CC1CCC(=O)N1c1ccccn1. The van der Waals surface area contributed by atoms with Crippen LogP contribution in [0.1, 0.15) is 33.6 Å². The highest BCUT2D eigenvalue weighted by atomic mass is 16.2. The maximum atomic E-state index is 11.5. The molecule has 0 radical (unpaired) electrons. The molecular formula is C12H18N2O. The molecule has 2 rings (SSSR count). The Morgan fingerprint density at radius 1 is 1.40 bits per heavy atom. The zero-order chi connectivity index (χ0) is 11.3. The molecule has 1 aromatic rings. The number of amides is 1. The Hall–Kier alpha value is -1.38. The third-order valence-electron chi connectivity index (χ3n) is 2.38. The van der Waals surface area contributed by atoms with Gasteiger partial charge < -0.3 is 0 Å². The molecule has 1 amide bonds. The van der Waals surface area contributed by atoms with E-state index in [9.17, 15) is 4.79 Å². The van der Waals surface area contributed by atoms with Crippen LogP contribution in [0.15, 0.2) is 24.4 Å². The average Bonchev–Trinajstić information content (AvgIpc) is 2.63. The third kappa shape index (κ3) is 2.55. The van der Waals surface area contributed by atoms with Crippen molar-refractivity contribution in [1.82, 2.24) is 4.98 Å². The summed E-state index contributed by atoms with van der Waals surface area (Å²) in [6, 6.07) is 5.93. The second-order valence-electron chi connectivity index (χ2n) is 3.34. The molecule has 1 fully saturated rings. The first-order valence-corrected chi connectivity index (χ1v) is 5.52. The molecule has 0 aromatic carbocycles. The molecule has 0 bridgehead atoms. The van der Waals surface area contributed by atoms with Gasteiger partial charge in [-0.05, 0) is 25.5 Å². The van der Waals surface area contributed by atoms with Crippen molar-refractivity contribution in [3.05, 3.63) is 24.4 Å². The van der Waals surface area contributed by atoms with Crippen LogP contribution in [-0.2, 0) is 4.79 Å². The highest BCUT2D eigenvalue weighted by Crippen LogP contribution is 2.23. The summed E-state index contributed by atoms with van der Waals surface area (Å²) in [5, 5.41) is 0. The van der Waals surface area contributed by atoms with Crippen LogP contribution in [0.2, 0.25) is 0 Å². The van der Waals surface area contributed by atoms with Gasteiger partial charge in [0.05, 0.1) is 0 Å². The van der Waals surface area contributed by atoms with Crippen LogP contribution in [0.5, 0.6) is 0 Å². The molecule has 2 heterocycles. The molecule has 1 unspecified atom stereocenters. The number of hydrogen-bond donors (Lipinski definition) is 0. The number of aromatic nitrogens is 1. The van der Waals surface area contributed by atoms with E-state index < -0.39 is 0 Å². The molecule has 0 saturated carbocycles. The fraction of sp³-hybridized carbons (Fsp3) is 0.500. The largest absolute Gasteiger partial charge is 0.294 e. The van der Waals surface area contributed by atoms with Crippen molar-refractivity contribution in [2.45, 2.75) is 39.7 Å².